The van der Waals surface area contributed by atoms with Crippen LogP contribution in [-0.4, -0.2) is 19.7 Å². The first kappa shape index (κ1) is 16.8. The van der Waals surface area contributed by atoms with Crippen LogP contribution >= 0.6 is 23.4 Å². The van der Waals surface area contributed by atoms with E-state index in [1.165, 1.54) is 5.56 Å². The summed E-state index contributed by atoms with van der Waals surface area (Å²) in [7, 11) is 0. The number of pyridine rings is 1. The quantitative estimate of drug-likeness (QED) is 0.443. The summed E-state index contributed by atoms with van der Waals surface area (Å²) in [6.45, 7) is 0. The first-order valence-electron chi connectivity index (χ1n) is 8.10. The maximum absolute atomic E-state index is 6.21. The van der Waals surface area contributed by atoms with E-state index in [1.54, 1.807) is 24.2 Å². The molecule has 128 valence electrons. The van der Waals surface area contributed by atoms with Gasteiger partial charge in [0.25, 0.3) is 0 Å². The van der Waals surface area contributed by atoms with E-state index >= 15 is 0 Å². The van der Waals surface area contributed by atoms with Crippen molar-refractivity contribution in [3.8, 4) is 17.1 Å². The van der Waals surface area contributed by atoms with E-state index in [1.807, 2.05) is 59.2 Å². The Bertz CT molecular complexity index is 1000. The second kappa shape index (κ2) is 7.72. The monoisotopic (exact) mass is 378 g/mol. The Labute approximate surface area is 160 Å². The average molecular weight is 379 g/mol. The first-order chi connectivity index (χ1) is 12.8. The van der Waals surface area contributed by atoms with Gasteiger partial charge in [0.2, 0.25) is 0 Å². The van der Waals surface area contributed by atoms with Crippen LogP contribution in [0.2, 0.25) is 5.02 Å². The third kappa shape index (κ3) is 3.64. The summed E-state index contributed by atoms with van der Waals surface area (Å²) >= 11 is 7.85. The van der Waals surface area contributed by atoms with Crippen molar-refractivity contribution in [2.45, 2.75) is 10.9 Å². The standard InChI is InChI=1S/C20H15ClN4S/c21-17-9-4-10-18(12-17)25-19(16-8-5-11-22-13-16)23-24-20(25)26-14-15-6-2-1-3-7-15/h1-13H,14H2. The van der Waals surface area contributed by atoms with Gasteiger partial charge < -0.3 is 0 Å². The molecule has 0 saturated carbocycles. The van der Waals surface area contributed by atoms with Crippen molar-refractivity contribution in [1.29, 1.82) is 0 Å². The zero-order valence-corrected chi connectivity index (χ0v) is 15.4. The predicted octanol–water partition coefficient (Wildman–Crippen LogP) is 5.28. The van der Waals surface area contributed by atoms with Crippen molar-refractivity contribution >= 4 is 23.4 Å². The minimum absolute atomic E-state index is 0.673. The van der Waals surface area contributed by atoms with Crippen LogP contribution < -0.4 is 0 Å². The molecule has 0 aliphatic rings. The molecule has 0 bridgehead atoms. The molecule has 0 unspecified atom stereocenters. The minimum atomic E-state index is 0.673. The molecule has 0 N–H and O–H groups in total. The zero-order chi connectivity index (χ0) is 17.8. The van der Waals surface area contributed by atoms with Crippen molar-refractivity contribution in [1.82, 2.24) is 19.7 Å². The van der Waals surface area contributed by atoms with Crippen LogP contribution in [0.25, 0.3) is 17.1 Å². The van der Waals surface area contributed by atoms with Gasteiger partial charge in [0.1, 0.15) is 0 Å². The van der Waals surface area contributed by atoms with Gasteiger partial charge in [-0.3, -0.25) is 9.55 Å². The van der Waals surface area contributed by atoms with Gasteiger partial charge in [-0.2, -0.15) is 0 Å². The van der Waals surface area contributed by atoms with Crippen molar-refractivity contribution in [3.05, 3.63) is 89.7 Å². The molecule has 0 spiro atoms. The number of hydrogen-bond donors (Lipinski definition) is 0. The molecule has 0 radical (unpaired) electrons. The van der Waals surface area contributed by atoms with Crippen LogP contribution in [-0.2, 0) is 5.75 Å². The number of aromatic nitrogens is 4. The molecule has 2 heterocycles. The number of rotatable bonds is 5. The van der Waals surface area contributed by atoms with Gasteiger partial charge >= 0.3 is 0 Å². The summed E-state index contributed by atoms with van der Waals surface area (Å²) in [6.07, 6.45) is 3.53. The van der Waals surface area contributed by atoms with Crippen molar-refractivity contribution < 1.29 is 0 Å². The molecule has 6 heteroatoms. The summed E-state index contributed by atoms with van der Waals surface area (Å²) < 4.78 is 2.02. The van der Waals surface area contributed by atoms with Gasteiger partial charge in [-0.05, 0) is 35.9 Å². The lowest BCUT2D eigenvalue weighted by Gasteiger charge is -2.10. The average Bonchev–Trinajstić information content (AvgIpc) is 3.12. The molecule has 0 fully saturated rings. The van der Waals surface area contributed by atoms with Gasteiger partial charge in [-0.25, -0.2) is 0 Å². The van der Waals surface area contributed by atoms with Crippen LogP contribution in [0.1, 0.15) is 5.56 Å². The molecule has 4 aromatic rings. The SMILES string of the molecule is Clc1cccc(-n2c(SCc3ccccc3)nnc2-c2cccnc2)c1. The van der Waals surface area contributed by atoms with Crippen LogP contribution in [0.4, 0.5) is 0 Å². The highest BCUT2D eigenvalue weighted by atomic mass is 35.5. The second-order valence-corrected chi connectivity index (χ2v) is 7.02. The lowest BCUT2D eigenvalue weighted by Crippen LogP contribution is -2.00. The molecule has 4 nitrogen and oxygen atoms in total. The molecular weight excluding hydrogens is 364 g/mol. The minimum Gasteiger partial charge on any atom is -0.270 e. The molecule has 0 atom stereocenters. The lowest BCUT2D eigenvalue weighted by molar-refractivity contribution is 0.886. The number of nitrogens with zero attached hydrogens (tertiary/aromatic N) is 4. The van der Waals surface area contributed by atoms with Crippen LogP contribution in [0, 0.1) is 0 Å². The Morgan fingerprint density at radius 2 is 1.81 bits per heavy atom. The molecule has 26 heavy (non-hydrogen) atoms. The van der Waals surface area contributed by atoms with Crippen molar-refractivity contribution in [2.75, 3.05) is 0 Å². The number of halogens is 1. The van der Waals surface area contributed by atoms with Gasteiger partial charge in [-0.15, -0.1) is 10.2 Å². The Hall–Kier alpha value is -2.63. The number of benzene rings is 2. The maximum atomic E-state index is 6.21. The fourth-order valence-electron chi connectivity index (χ4n) is 2.62. The zero-order valence-electron chi connectivity index (χ0n) is 13.8. The molecule has 0 aliphatic carbocycles. The van der Waals surface area contributed by atoms with E-state index in [4.69, 9.17) is 11.6 Å². The largest absolute Gasteiger partial charge is 0.270 e. The normalized spacial score (nSPS) is 10.8. The highest BCUT2D eigenvalue weighted by molar-refractivity contribution is 7.98. The molecule has 4 rings (SSSR count). The van der Waals surface area contributed by atoms with E-state index < -0.39 is 0 Å². The number of hydrogen-bond acceptors (Lipinski definition) is 4. The summed E-state index contributed by atoms with van der Waals surface area (Å²) in [5, 5.41) is 10.3. The third-order valence-corrected chi connectivity index (χ3v) is 5.07. The Kier molecular flexibility index (Phi) is 5.00. The maximum Gasteiger partial charge on any atom is 0.196 e. The molecule has 2 aromatic heterocycles. The van der Waals surface area contributed by atoms with Gasteiger partial charge in [0.05, 0.1) is 5.69 Å². The Morgan fingerprint density at radius 1 is 0.923 bits per heavy atom. The van der Waals surface area contributed by atoms with Crippen molar-refractivity contribution in [3.63, 3.8) is 0 Å². The van der Waals surface area contributed by atoms with E-state index in [9.17, 15) is 0 Å². The summed E-state index contributed by atoms with van der Waals surface area (Å²) in [4.78, 5) is 4.20. The van der Waals surface area contributed by atoms with E-state index in [2.05, 4.69) is 27.3 Å². The smallest absolute Gasteiger partial charge is 0.196 e. The van der Waals surface area contributed by atoms with Crippen LogP contribution in [0.5, 0.6) is 0 Å². The van der Waals surface area contributed by atoms with E-state index in [0.717, 1.165) is 28.0 Å². The second-order valence-electron chi connectivity index (χ2n) is 5.64. The van der Waals surface area contributed by atoms with Crippen LogP contribution in [0.3, 0.4) is 0 Å². The molecule has 2 aromatic carbocycles. The Morgan fingerprint density at radius 3 is 2.58 bits per heavy atom. The fraction of sp³-hybridized carbons (Fsp3) is 0.0500. The van der Waals surface area contributed by atoms with E-state index in [-0.39, 0.29) is 0 Å². The molecule has 0 aliphatic heterocycles. The molecule has 0 saturated heterocycles. The summed E-state index contributed by atoms with van der Waals surface area (Å²) in [5.41, 5.74) is 3.07. The number of thioether (sulfide) groups is 1. The predicted molar refractivity (Wildman–Crippen MR) is 106 cm³/mol. The van der Waals surface area contributed by atoms with E-state index in [0.29, 0.717) is 5.02 Å². The highest BCUT2D eigenvalue weighted by Gasteiger charge is 2.16. The highest BCUT2D eigenvalue weighted by Crippen LogP contribution is 2.30. The van der Waals surface area contributed by atoms with Crippen molar-refractivity contribution in [2.24, 2.45) is 0 Å². The van der Waals surface area contributed by atoms with Gasteiger partial charge in [0, 0.05) is 28.7 Å². The fourth-order valence-corrected chi connectivity index (χ4v) is 3.71. The first-order valence-corrected chi connectivity index (χ1v) is 9.46. The topological polar surface area (TPSA) is 43.6 Å². The third-order valence-electron chi connectivity index (χ3n) is 3.83. The summed E-state index contributed by atoms with van der Waals surface area (Å²) in [5.74, 6) is 1.56. The summed E-state index contributed by atoms with van der Waals surface area (Å²) in [6, 6.07) is 21.9. The van der Waals surface area contributed by atoms with Crippen LogP contribution in [0.15, 0.2) is 84.3 Å². The Balaban J connectivity index is 1.75. The lowest BCUT2D eigenvalue weighted by atomic mass is 10.2. The molecule has 0 amide bonds. The van der Waals surface area contributed by atoms with Gasteiger partial charge in [-0.1, -0.05) is 59.8 Å². The van der Waals surface area contributed by atoms with Gasteiger partial charge in [0.15, 0.2) is 11.0 Å². The molecular formula is C20H15ClN4S.